The van der Waals surface area contributed by atoms with Crippen molar-refractivity contribution < 1.29 is 28.6 Å². The number of carbonyl (C=O) groups excluding carboxylic acids is 3. The van der Waals surface area contributed by atoms with E-state index in [1.807, 2.05) is 0 Å². The maximum absolute atomic E-state index is 12.9. The van der Waals surface area contributed by atoms with Gasteiger partial charge in [0.1, 0.15) is 13.2 Å². The second-order valence-electron chi connectivity index (χ2n) is 22.3. The van der Waals surface area contributed by atoms with Crippen LogP contribution in [0.2, 0.25) is 0 Å². The molecule has 0 rings (SSSR count). The van der Waals surface area contributed by atoms with Gasteiger partial charge in [-0.3, -0.25) is 14.4 Å². The van der Waals surface area contributed by atoms with Crippen LogP contribution in [0.5, 0.6) is 0 Å². The summed E-state index contributed by atoms with van der Waals surface area (Å²) in [6.07, 6.45) is 87.3. The van der Waals surface area contributed by atoms with E-state index in [1.165, 1.54) is 186 Å². The monoisotopic (exact) mass is 1090 g/mol. The van der Waals surface area contributed by atoms with Crippen LogP contribution in [0.25, 0.3) is 0 Å². The minimum absolute atomic E-state index is 0.0834. The second-order valence-corrected chi connectivity index (χ2v) is 22.3. The molecular formula is C72H126O6. The lowest BCUT2D eigenvalue weighted by molar-refractivity contribution is -0.167. The van der Waals surface area contributed by atoms with Gasteiger partial charge in [-0.2, -0.15) is 0 Å². The first-order valence-corrected chi connectivity index (χ1v) is 33.6. The molecule has 6 nitrogen and oxygen atoms in total. The van der Waals surface area contributed by atoms with Crippen LogP contribution in [0.1, 0.15) is 335 Å². The van der Waals surface area contributed by atoms with E-state index in [-0.39, 0.29) is 31.1 Å². The second kappa shape index (κ2) is 66.1. The van der Waals surface area contributed by atoms with Crippen LogP contribution >= 0.6 is 0 Å². The Kier molecular flexibility index (Phi) is 63.2. The Morgan fingerprint density at radius 1 is 0.269 bits per heavy atom. The highest BCUT2D eigenvalue weighted by Crippen LogP contribution is 2.17. The predicted octanol–water partition coefficient (Wildman–Crippen LogP) is 23.1. The lowest BCUT2D eigenvalue weighted by atomic mass is 10.0. The Morgan fingerprint density at radius 3 is 0.808 bits per heavy atom. The summed E-state index contributed by atoms with van der Waals surface area (Å²) in [5.74, 6) is -0.892. The molecule has 0 saturated heterocycles. The third-order valence-corrected chi connectivity index (χ3v) is 14.6. The van der Waals surface area contributed by atoms with Gasteiger partial charge in [0.2, 0.25) is 0 Å². The molecule has 0 radical (unpaired) electrons. The van der Waals surface area contributed by atoms with Crippen molar-refractivity contribution in [3.8, 4) is 0 Å². The zero-order valence-corrected chi connectivity index (χ0v) is 51.7. The van der Waals surface area contributed by atoms with Crippen LogP contribution in [0.4, 0.5) is 0 Å². The molecule has 0 fully saturated rings. The van der Waals surface area contributed by atoms with Gasteiger partial charge < -0.3 is 14.2 Å². The summed E-state index contributed by atoms with van der Waals surface area (Å²) in [5, 5.41) is 0. The summed E-state index contributed by atoms with van der Waals surface area (Å²) in [4.78, 5) is 38.4. The molecule has 1 atom stereocenters. The van der Waals surface area contributed by atoms with E-state index in [1.54, 1.807) is 0 Å². The lowest BCUT2D eigenvalue weighted by Crippen LogP contribution is -2.30. The van der Waals surface area contributed by atoms with Crippen molar-refractivity contribution >= 4 is 17.9 Å². The zero-order chi connectivity index (χ0) is 56.4. The molecule has 0 amide bonds. The molecule has 0 spiro atoms. The molecular weight excluding hydrogens is 961 g/mol. The zero-order valence-electron chi connectivity index (χ0n) is 51.7. The Balaban J connectivity index is 4.37. The fourth-order valence-corrected chi connectivity index (χ4v) is 9.58. The van der Waals surface area contributed by atoms with Gasteiger partial charge in [-0.25, -0.2) is 0 Å². The van der Waals surface area contributed by atoms with Crippen molar-refractivity contribution in [2.24, 2.45) is 0 Å². The summed E-state index contributed by atoms with van der Waals surface area (Å²) >= 11 is 0. The summed E-state index contributed by atoms with van der Waals surface area (Å²) in [7, 11) is 0. The molecule has 0 bridgehead atoms. The normalized spacial score (nSPS) is 12.6. The van der Waals surface area contributed by atoms with Gasteiger partial charge in [0, 0.05) is 19.3 Å². The molecule has 0 aliphatic heterocycles. The number of ether oxygens (including phenoxy) is 3. The molecule has 0 heterocycles. The van der Waals surface area contributed by atoms with Gasteiger partial charge in [0.15, 0.2) is 6.10 Å². The largest absolute Gasteiger partial charge is 0.462 e. The Morgan fingerprint density at radius 2 is 0.500 bits per heavy atom. The predicted molar refractivity (Wildman–Crippen MR) is 339 cm³/mol. The van der Waals surface area contributed by atoms with Crippen LogP contribution in [0.3, 0.4) is 0 Å². The number of allylic oxidation sites excluding steroid dienone is 14. The minimum Gasteiger partial charge on any atom is -0.462 e. The summed E-state index contributed by atoms with van der Waals surface area (Å²) in [6.45, 7) is 6.53. The third-order valence-electron chi connectivity index (χ3n) is 14.6. The minimum atomic E-state index is -0.789. The highest BCUT2D eigenvalue weighted by atomic mass is 16.6. The number of unbranched alkanes of at least 4 members (excludes halogenated alkanes) is 36. The van der Waals surface area contributed by atoms with Crippen LogP contribution in [-0.4, -0.2) is 37.2 Å². The van der Waals surface area contributed by atoms with Gasteiger partial charge >= 0.3 is 17.9 Å². The Labute approximate surface area is 484 Å². The molecule has 0 aromatic rings. The molecule has 6 heteroatoms. The average molecular weight is 1090 g/mol. The maximum atomic E-state index is 12.9. The van der Waals surface area contributed by atoms with Gasteiger partial charge in [-0.15, -0.1) is 0 Å². The molecule has 78 heavy (non-hydrogen) atoms. The molecule has 0 aliphatic carbocycles. The van der Waals surface area contributed by atoms with E-state index in [9.17, 15) is 14.4 Å². The molecule has 0 aliphatic rings. The van der Waals surface area contributed by atoms with Crippen molar-refractivity contribution in [3.05, 3.63) is 85.1 Å². The lowest BCUT2D eigenvalue weighted by Gasteiger charge is -2.18. The highest BCUT2D eigenvalue weighted by Gasteiger charge is 2.19. The highest BCUT2D eigenvalue weighted by molar-refractivity contribution is 5.71. The fourth-order valence-electron chi connectivity index (χ4n) is 9.58. The van der Waals surface area contributed by atoms with Gasteiger partial charge in [-0.05, 0) is 116 Å². The Hall–Kier alpha value is -3.41. The van der Waals surface area contributed by atoms with Crippen molar-refractivity contribution in [1.82, 2.24) is 0 Å². The standard InChI is InChI=1S/C72H126O6/c1-4-7-10-13-16-19-22-25-28-31-33-35-36-38-39-41-44-47-50-53-56-59-62-65-71(74)77-68-69(67-76-70(73)64-61-58-55-52-49-46-43-30-27-24-21-18-15-12-9-6-3)78-72(75)66-63-60-57-54-51-48-45-42-40-37-34-32-29-26-23-20-17-14-11-8-5-2/h8,11,17,20-21,24,26,29-31,33-34,37,43,69H,4-7,9-10,12-16,18-19,22-23,25,27-28,32,35-36,38-42,44-68H2,1-3H3/b11-8-,20-17-,24-21-,29-26-,33-31-,37-34-,43-30-. The number of esters is 3. The topological polar surface area (TPSA) is 78.9 Å². The SMILES string of the molecule is CC/C=C\C/C=C\C/C=C\C/C=C\CCCCCCCCCCC(=O)OC(COC(=O)CCCCCCC/C=C\C/C=C\CCCCCC)COC(=O)CCCCCCCCCCCCC/C=C\CCCCCCCCCC. The summed E-state index contributed by atoms with van der Waals surface area (Å²) in [6, 6.07) is 0. The van der Waals surface area contributed by atoms with Crippen LogP contribution in [0.15, 0.2) is 85.1 Å². The van der Waals surface area contributed by atoms with Gasteiger partial charge in [0.05, 0.1) is 0 Å². The van der Waals surface area contributed by atoms with E-state index >= 15 is 0 Å². The maximum Gasteiger partial charge on any atom is 0.306 e. The third kappa shape index (κ3) is 63.4. The summed E-state index contributed by atoms with van der Waals surface area (Å²) in [5.41, 5.74) is 0. The van der Waals surface area contributed by atoms with Crippen molar-refractivity contribution in [2.75, 3.05) is 13.2 Å². The van der Waals surface area contributed by atoms with Crippen molar-refractivity contribution in [3.63, 3.8) is 0 Å². The van der Waals surface area contributed by atoms with E-state index in [0.29, 0.717) is 19.3 Å². The molecule has 450 valence electrons. The van der Waals surface area contributed by atoms with E-state index < -0.39 is 6.10 Å². The Bertz CT molecular complexity index is 1480. The molecule has 0 N–H and O–H groups in total. The summed E-state index contributed by atoms with van der Waals surface area (Å²) < 4.78 is 17.0. The number of carbonyl (C=O) groups is 3. The first-order chi connectivity index (χ1) is 38.5. The van der Waals surface area contributed by atoms with Crippen LogP contribution < -0.4 is 0 Å². The average Bonchev–Trinajstić information content (AvgIpc) is 3.44. The van der Waals surface area contributed by atoms with E-state index in [0.717, 1.165) is 109 Å². The molecule has 0 aromatic heterocycles. The van der Waals surface area contributed by atoms with Crippen LogP contribution in [-0.2, 0) is 28.6 Å². The molecule has 0 aromatic carbocycles. The van der Waals surface area contributed by atoms with Crippen LogP contribution in [0, 0.1) is 0 Å². The van der Waals surface area contributed by atoms with Gasteiger partial charge in [-0.1, -0.05) is 286 Å². The first-order valence-electron chi connectivity index (χ1n) is 33.6. The number of hydrogen-bond acceptors (Lipinski definition) is 6. The fraction of sp³-hybridized carbons (Fsp3) is 0.764. The first kappa shape index (κ1) is 74.6. The molecule has 1 unspecified atom stereocenters. The number of rotatable bonds is 61. The van der Waals surface area contributed by atoms with E-state index in [2.05, 4.69) is 106 Å². The quantitative estimate of drug-likeness (QED) is 0.0261. The van der Waals surface area contributed by atoms with Crippen molar-refractivity contribution in [1.29, 1.82) is 0 Å². The van der Waals surface area contributed by atoms with Gasteiger partial charge in [0.25, 0.3) is 0 Å². The number of hydrogen-bond donors (Lipinski definition) is 0. The van der Waals surface area contributed by atoms with E-state index in [4.69, 9.17) is 14.2 Å². The van der Waals surface area contributed by atoms with Crippen molar-refractivity contribution in [2.45, 2.75) is 341 Å². The molecule has 0 saturated carbocycles. The smallest absolute Gasteiger partial charge is 0.306 e.